The van der Waals surface area contributed by atoms with E-state index in [1.54, 1.807) is 11.1 Å². The Bertz CT molecular complexity index is 273. The van der Waals surface area contributed by atoms with Gasteiger partial charge in [-0.1, -0.05) is 20.8 Å². The van der Waals surface area contributed by atoms with E-state index < -0.39 is 0 Å². The first-order chi connectivity index (χ1) is 6.15. The minimum atomic E-state index is 0.755. The summed E-state index contributed by atoms with van der Waals surface area (Å²) in [6.45, 7) is 8.05. The Morgan fingerprint density at radius 1 is 1.31 bits per heavy atom. The molecule has 0 aromatic carbocycles. The van der Waals surface area contributed by atoms with Gasteiger partial charge >= 0.3 is 0 Å². The summed E-state index contributed by atoms with van der Waals surface area (Å²) in [6.07, 6.45) is 7.28. The normalized spacial score (nSPS) is 16.9. The maximum atomic E-state index is 2.36. The van der Waals surface area contributed by atoms with Gasteiger partial charge < -0.3 is 4.57 Å². The maximum Gasteiger partial charge on any atom is 0.0242 e. The number of rotatable bonds is 2. The Labute approximate surface area is 80.8 Å². The number of nitrogens with zero attached hydrogens (tertiary/aromatic N) is 1. The van der Waals surface area contributed by atoms with Crippen LogP contribution in [0.2, 0.25) is 0 Å². The quantitative estimate of drug-likeness (QED) is 0.654. The molecule has 1 heterocycles. The van der Waals surface area contributed by atoms with Crippen LogP contribution in [0.4, 0.5) is 0 Å². The van der Waals surface area contributed by atoms with Gasteiger partial charge in [-0.3, -0.25) is 0 Å². The first-order valence-electron chi connectivity index (χ1n) is 5.32. The second-order valence-corrected chi connectivity index (χ2v) is 4.91. The number of hydrogen-bond donors (Lipinski definition) is 0. The Kier molecular flexibility index (Phi) is 2.19. The highest BCUT2D eigenvalue weighted by Crippen LogP contribution is 2.27. The van der Waals surface area contributed by atoms with Crippen LogP contribution in [-0.2, 0) is 19.4 Å². The van der Waals surface area contributed by atoms with Gasteiger partial charge in [0.05, 0.1) is 0 Å². The molecule has 0 saturated carbocycles. The highest BCUT2D eigenvalue weighted by molar-refractivity contribution is 5.29. The van der Waals surface area contributed by atoms with Crippen molar-refractivity contribution in [3.8, 4) is 0 Å². The lowest BCUT2D eigenvalue weighted by Crippen LogP contribution is -2.02. The Balaban J connectivity index is 2.13. The van der Waals surface area contributed by atoms with Crippen LogP contribution in [0.5, 0.6) is 0 Å². The molecule has 0 fully saturated rings. The van der Waals surface area contributed by atoms with Crippen LogP contribution in [0.1, 0.15) is 31.9 Å². The van der Waals surface area contributed by atoms with Crippen LogP contribution in [0.3, 0.4) is 0 Å². The third-order valence-corrected chi connectivity index (χ3v) is 2.77. The monoisotopic (exact) mass is 177 g/mol. The van der Waals surface area contributed by atoms with Crippen LogP contribution >= 0.6 is 0 Å². The van der Waals surface area contributed by atoms with Gasteiger partial charge in [0.15, 0.2) is 0 Å². The molecular weight excluding hydrogens is 158 g/mol. The molecule has 0 amide bonds. The molecule has 0 aliphatic heterocycles. The summed E-state index contributed by atoms with van der Waals surface area (Å²) in [5.41, 5.74) is 3.18. The van der Waals surface area contributed by atoms with Gasteiger partial charge in [-0.25, -0.2) is 0 Å². The molecule has 1 aromatic heterocycles. The molecule has 1 aromatic rings. The van der Waals surface area contributed by atoms with E-state index >= 15 is 0 Å². The lowest BCUT2D eigenvalue weighted by atomic mass is 10.1. The molecule has 1 heteroatoms. The van der Waals surface area contributed by atoms with E-state index in [1.165, 1.54) is 19.4 Å². The van der Waals surface area contributed by atoms with Gasteiger partial charge in [-0.2, -0.15) is 0 Å². The van der Waals surface area contributed by atoms with E-state index in [2.05, 4.69) is 37.7 Å². The summed E-state index contributed by atoms with van der Waals surface area (Å²) < 4.78 is 2.36. The summed E-state index contributed by atoms with van der Waals surface area (Å²) in [6, 6.07) is 0. The molecule has 1 aliphatic carbocycles. The highest BCUT2D eigenvalue weighted by atomic mass is 14.9. The van der Waals surface area contributed by atoms with Gasteiger partial charge in [-0.15, -0.1) is 0 Å². The van der Waals surface area contributed by atoms with Gasteiger partial charge in [0.25, 0.3) is 0 Å². The predicted molar refractivity (Wildman–Crippen MR) is 55.8 cm³/mol. The van der Waals surface area contributed by atoms with Crippen molar-refractivity contribution in [3.63, 3.8) is 0 Å². The van der Waals surface area contributed by atoms with Gasteiger partial charge in [-0.05, 0) is 35.8 Å². The van der Waals surface area contributed by atoms with Crippen molar-refractivity contribution in [1.29, 1.82) is 0 Å². The largest absolute Gasteiger partial charge is 0.353 e. The van der Waals surface area contributed by atoms with E-state index in [0.29, 0.717) is 0 Å². The fourth-order valence-corrected chi connectivity index (χ4v) is 2.32. The van der Waals surface area contributed by atoms with Crippen LogP contribution < -0.4 is 0 Å². The summed E-state index contributed by atoms with van der Waals surface area (Å²) in [4.78, 5) is 0. The molecule has 1 nitrogen and oxygen atoms in total. The fraction of sp³-hybridized carbons (Fsp3) is 0.667. The zero-order valence-corrected chi connectivity index (χ0v) is 8.88. The molecule has 0 atom stereocenters. The average Bonchev–Trinajstić information content (AvgIpc) is 2.41. The van der Waals surface area contributed by atoms with E-state index in [0.717, 1.165) is 11.8 Å². The van der Waals surface area contributed by atoms with Gasteiger partial charge in [0.2, 0.25) is 0 Å². The van der Waals surface area contributed by atoms with E-state index in [1.807, 2.05) is 0 Å². The Hall–Kier alpha value is -0.720. The molecule has 0 radical (unpaired) electrons. The number of fused-ring (bicyclic) bond motifs is 1. The minimum Gasteiger partial charge on any atom is -0.353 e. The van der Waals surface area contributed by atoms with E-state index in [9.17, 15) is 0 Å². The molecule has 0 bridgehead atoms. The van der Waals surface area contributed by atoms with Crippen molar-refractivity contribution in [1.82, 2.24) is 4.57 Å². The van der Waals surface area contributed by atoms with Crippen LogP contribution in [0, 0.1) is 11.8 Å². The third-order valence-electron chi connectivity index (χ3n) is 2.77. The van der Waals surface area contributed by atoms with Crippen molar-refractivity contribution in [2.24, 2.45) is 11.8 Å². The molecule has 0 saturated heterocycles. The molecule has 0 unspecified atom stereocenters. The predicted octanol–water partition coefficient (Wildman–Crippen LogP) is 2.88. The zero-order chi connectivity index (χ0) is 9.42. The lowest BCUT2D eigenvalue weighted by molar-refractivity contribution is 0.519. The zero-order valence-electron chi connectivity index (χ0n) is 8.88. The van der Waals surface area contributed by atoms with Crippen LogP contribution in [-0.4, -0.2) is 4.57 Å². The smallest absolute Gasteiger partial charge is 0.0242 e. The maximum absolute atomic E-state index is 2.36. The molecular formula is C12H19N. The van der Waals surface area contributed by atoms with E-state index in [-0.39, 0.29) is 0 Å². The third kappa shape index (κ3) is 1.79. The van der Waals surface area contributed by atoms with Gasteiger partial charge in [0, 0.05) is 18.9 Å². The van der Waals surface area contributed by atoms with E-state index in [4.69, 9.17) is 0 Å². The minimum absolute atomic E-state index is 0.755. The summed E-state index contributed by atoms with van der Waals surface area (Å²) >= 11 is 0. The molecule has 0 spiro atoms. The lowest BCUT2D eigenvalue weighted by Gasteiger charge is -2.06. The average molecular weight is 177 g/mol. The summed E-state index contributed by atoms with van der Waals surface area (Å²) in [7, 11) is 0. The molecule has 72 valence electrons. The summed E-state index contributed by atoms with van der Waals surface area (Å²) in [5, 5.41) is 0. The van der Waals surface area contributed by atoms with Crippen molar-refractivity contribution < 1.29 is 0 Å². The first kappa shape index (κ1) is 8.86. The van der Waals surface area contributed by atoms with Crippen molar-refractivity contribution >= 4 is 0 Å². The molecule has 1 aliphatic rings. The first-order valence-corrected chi connectivity index (χ1v) is 5.32. The van der Waals surface area contributed by atoms with Crippen molar-refractivity contribution in [3.05, 3.63) is 23.5 Å². The van der Waals surface area contributed by atoms with Crippen molar-refractivity contribution in [2.45, 2.75) is 40.2 Å². The molecule has 2 rings (SSSR count). The topological polar surface area (TPSA) is 4.93 Å². The second kappa shape index (κ2) is 3.21. The summed E-state index contributed by atoms with van der Waals surface area (Å²) in [5.74, 6) is 1.63. The van der Waals surface area contributed by atoms with Crippen molar-refractivity contribution in [2.75, 3.05) is 0 Å². The Morgan fingerprint density at radius 3 is 2.31 bits per heavy atom. The fourth-order valence-electron chi connectivity index (χ4n) is 2.32. The van der Waals surface area contributed by atoms with Crippen LogP contribution in [0.15, 0.2) is 12.4 Å². The second-order valence-electron chi connectivity index (χ2n) is 4.91. The highest BCUT2D eigenvalue weighted by Gasteiger charge is 2.19. The molecule has 0 N–H and O–H groups in total. The molecule has 13 heavy (non-hydrogen) atoms. The number of hydrogen-bond acceptors (Lipinski definition) is 0. The number of aromatic nitrogens is 1. The van der Waals surface area contributed by atoms with Crippen LogP contribution in [0.25, 0.3) is 0 Å². The Morgan fingerprint density at radius 2 is 1.85 bits per heavy atom. The SMILES string of the molecule is CC(C)Cn1cc2c(c1)CC(C)C2. The van der Waals surface area contributed by atoms with Gasteiger partial charge in [0.1, 0.15) is 0 Å². The standard InChI is InChI=1S/C12H19N/c1-9(2)6-13-7-11-4-10(3)5-12(11)8-13/h7-10H,4-6H2,1-3H3.